The molecule has 0 unspecified atom stereocenters. The fourth-order valence-corrected chi connectivity index (χ4v) is 3.93. The number of carbonyl (C=O) groups excluding carboxylic acids is 2. The first kappa shape index (κ1) is 18.6. The van der Waals surface area contributed by atoms with E-state index in [2.05, 4.69) is 31.4 Å². The molecule has 1 aliphatic rings. The molecule has 1 aromatic heterocycles. The van der Waals surface area contributed by atoms with Crippen LogP contribution in [-0.4, -0.2) is 46.0 Å². The Kier molecular flexibility index (Phi) is 5.76. The molecule has 2 amide bonds. The van der Waals surface area contributed by atoms with Crippen molar-refractivity contribution in [3.63, 3.8) is 0 Å². The molecule has 6 nitrogen and oxygen atoms in total. The number of likely N-dealkylation sites (tertiary alicyclic amines) is 1. The second-order valence-corrected chi connectivity index (χ2v) is 7.65. The number of amides is 2. The number of H-pyrrole nitrogens is 1. The lowest BCUT2D eigenvalue weighted by Crippen LogP contribution is -2.46. The van der Waals surface area contributed by atoms with Crippen LogP contribution in [0.1, 0.15) is 59.1 Å². The molecule has 2 aromatic rings. The van der Waals surface area contributed by atoms with Gasteiger partial charge in [-0.2, -0.15) is 5.10 Å². The Morgan fingerprint density at radius 2 is 1.88 bits per heavy atom. The number of nitrogens with zero attached hydrogens (tertiary/aromatic N) is 2. The van der Waals surface area contributed by atoms with Crippen molar-refractivity contribution in [2.45, 2.75) is 38.6 Å². The average molecular weight is 419 g/mol. The van der Waals surface area contributed by atoms with Gasteiger partial charge in [0, 0.05) is 24.7 Å². The Bertz CT molecular complexity index is 780. The monoisotopic (exact) mass is 418 g/mol. The smallest absolute Gasteiger partial charge is 0.273 e. The highest BCUT2D eigenvalue weighted by Crippen LogP contribution is 2.25. The minimum absolute atomic E-state index is 0.0481. The molecular weight excluding hydrogens is 396 g/mol. The molecule has 138 valence electrons. The molecule has 1 aromatic carbocycles. The molecule has 3 rings (SSSR count). The van der Waals surface area contributed by atoms with Gasteiger partial charge in [-0.1, -0.05) is 32.0 Å². The molecule has 26 heavy (non-hydrogen) atoms. The molecule has 0 bridgehead atoms. The highest BCUT2D eigenvalue weighted by Gasteiger charge is 2.26. The summed E-state index contributed by atoms with van der Waals surface area (Å²) in [6.45, 7) is 5.36. The van der Waals surface area contributed by atoms with E-state index in [-0.39, 0.29) is 23.8 Å². The van der Waals surface area contributed by atoms with Crippen LogP contribution in [0.4, 0.5) is 0 Å². The SMILES string of the molecule is CC(C)c1[nH]nc(C(=O)NC2CCN(C(=O)c3ccccc3)CC2)c1Br. The van der Waals surface area contributed by atoms with E-state index in [1.807, 2.05) is 49.1 Å². The summed E-state index contributed by atoms with van der Waals surface area (Å²) in [6.07, 6.45) is 1.48. The molecule has 2 heterocycles. The predicted molar refractivity (Wildman–Crippen MR) is 103 cm³/mol. The van der Waals surface area contributed by atoms with Gasteiger partial charge in [0.1, 0.15) is 0 Å². The van der Waals surface area contributed by atoms with Crippen LogP contribution >= 0.6 is 15.9 Å². The summed E-state index contributed by atoms with van der Waals surface area (Å²) in [4.78, 5) is 26.8. The van der Waals surface area contributed by atoms with Crippen molar-refractivity contribution in [3.05, 3.63) is 51.8 Å². The van der Waals surface area contributed by atoms with Crippen molar-refractivity contribution >= 4 is 27.7 Å². The Labute approximate surface area is 161 Å². The van der Waals surface area contributed by atoms with Gasteiger partial charge in [-0.05, 0) is 46.8 Å². The standard InChI is InChI=1S/C19H23BrN4O2/c1-12(2)16-15(20)17(23-22-16)18(25)21-14-8-10-24(11-9-14)19(26)13-6-4-3-5-7-13/h3-7,12,14H,8-11H2,1-2H3,(H,21,25)(H,22,23). The van der Waals surface area contributed by atoms with E-state index in [0.717, 1.165) is 23.0 Å². The van der Waals surface area contributed by atoms with Gasteiger partial charge in [0.2, 0.25) is 0 Å². The van der Waals surface area contributed by atoms with Gasteiger partial charge >= 0.3 is 0 Å². The third kappa shape index (κ3) is 3.98. The van der Waals surface area contributed by atoms with E-state index in [9.17, 15) is 9.59 Å². The summed E-state index contributed by atoms with van der Waals surface area (Å²) < 4.78 is 0.724. The van der Waals surface area contributed by atoms with Crippen molar-refractivity contribution in [2.24, 2.45) is 0 Å². The summed E-state index contributed by atoms with van der Waals surface area (Å²) in [7, 11) is 0. The lowest BCUT2D eigenvalue weighted by molar-refractivity contribution is 0.0697. The molecule has 0 radical (unpaired) electrons. The fraction of sp³-hybridized carbons (Fsp3) is 0.421. The fourth-order valence-electron chi connectivity index (χ4n) is 3.12. The number of hydrogen-bond donors (Lipinski definition) is 2. The van der Waals surface area contributed by atoms with Crippen molar-refractivity contribution in [2.75, 3.05) is 13.1 Å². The van der Waals surface area contributed by atoms with Crippen molar-refractivity contribution < 1.29 is 9.59 Å². The maximum atomic E-state index is 12.5. The summed E-state index contributed by atoms with van der Waals surface area (Å²) in [5, 5.41) is 10.1. The molecule has 0 saturated carbocycles. The topological polar surface area (TPSA) is 78.1 Å². The maximum Gasteiger partial charge on any atom is 0.273 e. The van der Waals surface area contributed by atoms with Crippen molar-refractivity contribution in [1.29, 1.82) is 0 Å². The lowest BCUT2D eigenvalue weighted by Gasteiger charge is -2.32. The van der Waals surface area contributed by atoms with Crippen LogP contribution in [0.15, 0.2) is 34.8 Å². The number of piperidine rings is 1. The number of halogens is 1. The van der Waals surface area contributed by atoms with Gasteiger partial charge in [-0.25, -0.2) is 0 Å². The van der Waals surface area contributed by atoms with Crippen molar-refractivity contribution in [3.8, 4) is 0 Å². The van der Waals surface area contributed by atoms with Gasteiger partial charge in [-0.3, -0.25) is 14.7 Å². The minimum Gasteiger partial charge on any atom is -0.348 e. The third-order valence-electron chi connectivity index (χ3n) is 4.66. The maximum absolute atomic E-state index is 12.5. The third-order valence-corrected chi connectivity index (χ3v) is 5.47. The average Bonchev–Trinajstić information content (AvgIpc) is 3.04. The molecule has 0 spiro atoms. The molecule has 1 fully saturated rings. The summed E-state index contributed by atoms with van der Waals surface area (Å²) >= 11 is 3.46. The molecule has 0 aliphatic carbocycles. The predicted octanol–water partition coefficient (Wildman–Crippen LogP) is 3.33. The zero-order chi connectivity index (χ0) is 18.7. The zero-order valence-corrected chi connectivity index (χ0v) is 16.5. The van der Waals surface area contributed by atoms with Crippen LogP contribution < -0.4 is 5.32 Å². The second-order valence-electron chi connectivity index (χ2n) is 6.86. The van der Waals surface area contributed by atoms with E-state index < -0.39 is 0 Å². The minimum atomic E-state index is -0.187. The van der Waals surface area contributed by atoms with Crippen LogP contribution in [0.25, 0.3) is 0 Å². The van der Waals surface area contributed by atoms with E-state index in [1.165, 1.54) is 0 Å². The first-order valence-corrected chi connectivity index (χ1v) is 9.65. The molecule has 0 atom stereocenters. The van der Waals surface area contributed by atoms with E-state index in [0.29, 0.717) is 24.3 Å². The molecule has 1 saturated heterocycles. The van der Waals surface area contributed by atoms with E-state index >= 15 is 0 Å². The van der Waals surface area contributed by atoms with Crippen LogP contribution in [0.5, 0.6) is 0 Å². The highest BCUT2D eigenvalue weighted by molar-refractivity contribution is 9.10. The van der Waals surface area contributed by atoms with Crippen LogP contribution in [0, 0.1) is 0 Å². The molecule has 1 aliphatic heterocycles. The number of aromatic nitrogens is 2. The highest BCUT2D eigenvalue weighted by atomic mass is 79.9. The second kappa shape index (κ2) is 8.03. The lowest BCUT2D eigenvalue weighted by atomic mass is 10.0. The number of benzene rings is 1. The van der Waals surface area contributed by atoms with E-state index in [1.54, 1.807) is 0 Å². The number of carbonyl (C=O) groups is 2. The quantitative estimate of drug-likeness (QED) is 0.798. The van der Waals surface area contributed by atoms with Crippen LogP contribution in [0.2, 0.25) is 0 Å². The number of hydrogen-bond acceptors (Lipinski definition) is 3. The van der Waals surface area contributed by atoms with Crippen molar-refractivity contribution in [1.82, 2.24) is 20.4 Å². The van der Waals surface area contributed by atoms with Gasteiger partial charge in [0.15, 0.2) is 5.69 Å². The summed E-state index contributed by atoms with van der Waals surface area (Å²) in [5.74, 6) is 0.116. The van der Waals surface area contributed by atoms with Gasteiger partial charge in [0.25, 0.3) is 11.8 Å². The molecule has 7 heteroatoms. The molecule has 2 N–H and O–H groups in total. The van der Waals surface area contributed by atoms with Crippen LogP contribution in [0.3, 0.4) is 0 Å². The number of aromatic amines is 1. The normalized spacial score (nSPS) is 15.3. The largest absolute Gasteiger partial charge is 0.348 e. The summed E-state index contributed by atoms with van der Waals surface area (Å²) in [6, 6.07) is 9.35. The molecular formula is C19H23BrN4O2. The first-order chi connectivity index (χ1) is 12.5. The number of rotatable bonds is 4. The van der Waals surface area contributed by atoms with Gasteiger partial charge in [0.05, 0.1) is 10.2 Å². The van der Waals surface area contributed by atoms with Crippen LogP contribution in [-0.2, 0) is 0 Å². The number of nitrogens with one attached hydrogen (secondary N) is 2. The summed E-state index contributed by atoms with van der Waals surface area (Å²) in [5.41, 5.74) is 2.01. The zero-order valence-electron chi connectivity index (χ0n) is 15.0. The Morgan fingerprint density at radius 1 is 1.23 bits per heavy atom. The Balaban J connectivity index is 1.56. The Hall–Kier alpha value is -2.15. The van der Waals surface area contributed by atoms with Gasteiger partial charge < -0.3 is 10.2 Å². The Morgan fingerprint density at radius 3 is 2.46 bits per heavy atom. The first-order valence-electron chi connectivity index (χ1n) is 8.86. The van der Waals surface area contributed by atoms with Gasteiger partial charge in [-0.15, -0.1) is 0 Å². The van der Waals surface area contributed by atoms with E-state index in [4.69, 9.17) is 0 Å².